The summed E-state index contributed by atoms with van der Waals surface area (Å²) in [4.78, 5) is 25.7. The van der Waals surface area contributed by atoms with Crippen LogP contribution in [0.2, 0.25) is 0 Å². The fourth-order valence-corrected chi connectivity index (χ4v) is 6.56. The first kappa shape index (κ1) is 31.7. The molecule has 1 aliphatic carbocycles. The average Bonchev–Trinajstić information content (AvgIpc) is 3.82. The number of phenolic OH excluding ortho intramolecular Hbond substituents is 1. The number of carbonyl (C=O) groups is 1. The number of nitrogens with two attached hydrogens (primary N) is 1. The third kappa shape index (κ3) is 6.52. The lowest BCUT2D eigenvalue weighted by Crippen LogP contribution is -2.50. The van der Waals surface area contributed by atoms with Gasteiger partial charge in [0.1, 0.15) is 28.7 Å². The summed E-state index contributed by atoms with van der Waals surface area (Å²) < 4.78 is 31.9. The van der Waals surface area contributed by atoms with Gasteiger partial charge in [-0.05, 0) is 91.5 Å². The van der Waals surface area contributed by atoms with E-state index in [-0.39, 0.29) is 54.1 Å². The molecule has 1 aromatic heterocycles. The van der Waals surface area contributed by atoms with E-state index in [1.54, 1.807) is 13.2 Å². The second-order valence-corrected chi connectivity index (χ2v) is 13.6. The Kier molecular flexibility index (Phi) is 8.64. The predicted molar refractivity (Wildman–Crippen MR) is 176 cm³/mol. The Morgan fingerprint density at radius 3 is 2.54 bits per heavy atom. The van der Waals surface area contributed by atoms with Crippen molar-refractivity contribution in [2.24, 2.45) is 11.1 Å². The topological polar surface area (TPSA) is 123 Å². The number of rotatable bonds is 13. The molecule has 244 valence electrons. The minimum absolute atomic E-state index is 0.0368. The minimum Gasteiger partial charge on any atom is -0.505 e. The molecule has 0 bridgehead atoms. The number of anilines is 1. The zero-order valence-electron chi connectivity index (χ0n) is 27.1. The summed E-state index contributed by atoms with van der Waals surface area (Å²) in [5.74, 6) is 0.523. The number of fused-ring (bicyclic) bond motifs is 2. The number of benzene rings is 3. The van der Waals surface area contributed by atoms with Gasteiger partial charge in [0.25, 0.3) is 0 Å². The van der Waals surface area contributed by atoms with Gasteiger partial charge < -0.3 is 34.9 Å². The number of aromatic nitrogens is 2. The van der Waals surface area contributed by atoms with Crippen LogP contribution < -0.4 is 20.1 Å². The standard InChI is InChI=1S/C35H42FN5O5/c1-35(2,17-40(3)4)18-45-34-38-31-28(33(39-34)41-11-10-23(41)14-29(37)42)16-26(20-6-7-20)30(32(31)43)27-15-24(46-19-44-5)12-21-8-9-22(36)13-25(21)27/h8-9,12-13,15-16,20,23,43H,6-7,10-11,14,17-19H2,1-5H3,(H2,37,42)/t23-/m0/s1. The maximum absolute atomic E-state index is 14.7. The van der Waals surface area contributed by atoms with Crippen LogP contribution in [0.25, 0.3) is 32.8 Å². The van der Waals surface area contributed by atoms with E-state index in [1.807, 2.05) is 37.2 Å². The summed E-state index contributed by atoms with van der Waals surface area (Å²) in [6, 6.07) is 10.3. The molecule has 6 rings (SSSR count). The summed E-state index contributed by atoms with van der Waals surface area (Å²) in [5.41, 5.74) is 7.84. The number of primary amides is 1. The van der Waals surface area contributed by atoms with Crippen molar-refractivity contribution in [1.29, 1.82) is 0 Å². The number of ether oxygens (including phenoxy) is 3. The average molecular weight is 632 g/mol. The van der Waals surface area contributed by atoms with E-state index in [0.29, 0.717) is 52.1 Å². The van der Waals surface area contributed by atoms with Crippen molar-refractivity contribution in [3.05, 3.63) is 47.8 Å². The third-order valence-electron chi connectivity index (χ3n) is 8.66. The number of carbonyl (C=O) groups excluding carboxylic acids is 1. The van der Waals surface area contributed by atoms with Crippen LogP contribution in [-0.2, 0) is 9.53 Å². The molecule has 3 aromatic carbocycles. The summed E-state index contributed by atoms with van der Waals surface area (Å²) >= 11 is 0. The van der Waals surface area contributed by atoms with E-state index in [4.69, 9.17) is 29.9 Å². The molecular formula is C35H42FN5O5. The first-order valence-corrected chi connectivity index (χ1v) is 15.7. The zero-order chi connectivity index (χ0) is 32.7. The second-order valence-electron chi connectivity index (χ2n) is 13.6. The molecule has 0 spiro atoms. The van der Waals surface area contributed by atoms with Crippen LogP contribution in [0.3, 0.4) is 0 Å². The highest BCUT2D eigenvalue weighted by Crippen LogP contribution is 2.52. The fourth-order valence-electron chi connectivity index (χ4n) is 6.56. The summed E-state index contributed by atoms with van der Waals surface area (Å²) in [6.45, 7) is 6.05. The van der Waals surface area contributed by atoms with Gasteiger partial charge in [0.15, 0.2) is 6.79 Å². The molecule has 1 aliphatic heterocycles. The molecule has 1 saturated carbocycles. The van der Waals surface area contributed by atoms with Gasteiger partial charge >= 0.3 is 6.01 Å². The highest BCUT2D eigenvalue weighted by molar-refractivity contribution is 6.06. The fraction of sp³-hybridized carbons (Fsp3) is 0.457. The highest BCUT2D eigenvalue weighted by Gasteiger charge is 2.36. The maximum Gasteiger partial charge on any atom is 0.319 e. The van der Waals surface area contributed by atoms with E-state index in [2.05, 4.69) is 18.7 Å². The van der Waals surface area contributed by atoms with Gasteiger partial charge in [0.2, 0.25) is 5.91 Å². The number of methoxy groups -OCH3 is 1. The number of hydrogen-bond donors (Lipinski definition) is 2. The summed E-state index contributed by atoms with van der Waals surface area (Å²) in [5, 5.41) is 14.3. The molecule has 46 heavy (non-hydrogen) atoms. The van der Waals surface area contributed by atoms with Gasteiger partial charge in [-0.2, -0.15) is 9.97 Å². The number of phenols is 1. The van der Waals surface area contributed by atoms with Crippen molar-refractivity contribution < 1.29 is 28.5 Å². The van der Waals surface area contributed by atoms with E-state index in [0.717, 1.165) is 36.8 Å². The normalized spacial score (nSPS) is 16.7. The molecule has 1 amide bonds. The lowest BCUT2D eigenvalue weighted by atomic mass is 9.89. The van der Waals surface area contributed by atoms with Crippen LogP contribution in [0, 0.1) is 11.2 Å². The van der Waals surface area contributed by atoms with E-state index in [9.17, 15) is 14.3 Å². The Morgan fingerprint density at radius 2 is 1.89 bits per heavy atom. The Morgan fingerprint density at radius 1 is 1.11 bits per heavy atom. The summed E-state index contributed by atoms with van der Waals surface area (Å²) in [6.07, 6.45) is 2.90. The van der Waals surface area contributed by atoms with Crippen molar-refractivity contribution in [3.63, 3.8) is 0 Å². The quantitative estimate of drug-likeness (QED) is 0.182. The maximum atomic E-state index is 14.7. The van der Waals surface area contributed by atoms with Gasteiger partial charge in [-0.1, -0.05) is 19.9 Å². The van der Waals surface area contributed by atoms with Crippen LogP contribution in [0.4, 0.5) is 10.2 Å². The van der Waals surface area contributed by atoms with Crippen LogP contribution >= 0.6 is 0 Å². The Balaban J connectivity index is 1.57. The number of nitrogens with zero attached hydrogens (tertiary/aromatic N) is 4. The molecule has 1 atom stereocenters. The molecule has 2 aliphatic rings. The first-order chi connectivity index (χ1) is 21.9. The van der Waals surface area contributed by atoms with Gasteiger partial charge in [-0.3, -0.25) is 4.79 Å². The molecule has 0 radical (unpaired) electrons. The van der Waals surface area contributed by atoms with Crippen molar-refractivity contribution in [3.8, 4) is 28.6 Å². The van der Waals surface area contributed by atoms with Gasteiger partial charge in [-0.15, -0.1) is 0 Å². The monoisotopic (exact) mass is 631 g/mol. The molecule has 1 saturated heterocycles. The smallest absolute Gasteiger partial charge is 0.319 e. The number of halogens is 1. The molecule has 3 N–H and O–H groups in total. The SMILES string of the molecule is COCOc1cc(-c2c(C3CC3)cc3c(N4CC[C@H]4CC(N)=O)nc(OCC(C)(C)CN(C)C)nc3c2O)c2cc(F)ccc2c1. The number of amides is 1. The van der Waals surface area contributed by atoms with Crippen LogP contribution in [0.1, 0.15) is 51.0 Å². The van der Waals surface area contributed by atoms with E-state index in [1.165, 1.54) is 12.1 Å². The first-order valence-electron chi connectivity index (χ1n) is 15.7. The lowest BCUT2D eigenvalue weighted by Gasteiger charge is -2.42. The van der Waals surface area contributed by atoms with Gasteiger partial charge in [0.05, 0.1) is 6.61 Å². The van der Waals surface area contributed by atoms with Gasteiger partial charge in [0, 0.05) is 49.0 Å². The van der Waals surface area contributed by atoms with E-state index < -0.39 is 0 Å². The molecular weight excluding hydrogens is 589 g/mol. The number of hydrogen-bond acceptors (Lipinski definition) is 9. The van der Waals surface area contributed by atoms with Crippen LogP contribution in [0.5, 0.6) is 17.5 Å². The zero-order valence-corrected chi connectivity index (χ0v) is 27.1. The number of aromatic hydroxyl groups is 1. The van der Waals surface area contributed by atoms with Gasteiger partial charge in [-0.25, -0.2) is 4.39 Å². The molecule has 2 heterocycles. The Labute approximate surface area is 268 Å². The highest BCUT2D eigenvalue weighted by atomic mass is 19.1. The van der Waals surface area contributed by atoms with Crippen molar-refractivity contribution in [1.82, 2.24) is 14.9 Å². The third-order valence-corrected chi connectivity index (χ3v) is 8.66. The molecule has 4 aromatic rings. The largest absolute Gasteiger partial charge is 0.505 e. The molecule has 10 nitrogen and oxygen atoms in total. The van der Waals surface area contributed by atoms with Crippen LogP contribution in [0.15, 0.2) is 36.4 Å². The molecule has 11 heteroatoms. The Hall–Kier alpha value is -4.22. The molecule has 2 fully saturated rings. The van der Waals surface area contributed by atoms with Crippen molar-refractivity contribution in [2.75, 3.05) is 52.6 Å². The molecule has 0 unspecified atom stereocenters. The van der Waals surface area contributed by atoms with E-state index >= 15 is 0 Å². The minimum atomic E-state index is -0.383. The second kappa shape index (κ2) is 12.5. The Bertz CT molecular complexity index is 1790. The van der Waals surface area contributed by atoms with Crippen molar-refractivity contribution >= 4 is 33.4 Å². The van der Waals surface area contributed by atoms with Crippen LogP contribution in [-0.4, -0.2) is 79.6 Å². The predicted octanol–water partition coefficient (Wildman–Crippen LogP) is 5.58. The van der Waals surface area contributed by atoms with Crippen molar-refractivity contribution in [2.45, 2.75) is 51.5 Å². The summed E-state index contributed by atoms with van der Waals surface area (Å²) in [7, 11) is 5.57. The lowest BCUT2D eigenvalue weighted by molar-refractivity contribution is -0.118.